The molecule has 1 amide bonds. The lowest BCUT2D eigenvalue weighted by Crippen LogP contribution is -2.31. The molecule has 1 atom stereocenters. The molecule has 9 heteroatoms. The van der Waals surface area contributed by atoms with E-state index in [-0.39, 0.29) is 17.1 Å². The van der Waals surface area contributed by atoms with Gasteiger partial charge in [-0.15, -0.1) is 0 Å². The predicted octanol–water partition coefficient (Wildman–Crippen LogP) is 2.09. The van der Waals surface area contributed by atoms with Crippen LogP contribution in [-0.4, -0.2) is 32.7 Å². The van der Waals surface area contributed by atoms with Crippen molar-refractivity contribution in [3.63, 3.8) is 0 Å². The topological polar surface area (TPSA) is 103 Å². The molecule has 8 nitrogen and oxygen atoms in total. The molecule has 2 heterocycles. The Hall–Kier alpha value is -3.26. The summed E-state index contributed by atoms with van der Waals surface area (Å²) in [4.78, 5) is 40.6. The lowest BCUT2D eigenvalue weighted by molar-refractivity contribution is -0.152. The largest absolute Gasteiger partial charge is 0.452 e. The summed E-state index contributed by atoms with van der Waals surface area (Å²) in [7, 11) is 1.51. The number of halogens is 1. The van der Waals surface area contributed by atoms with Crippen LogP contribution >= 0.6 is 11.6 Å². The number of carbonyl (C=O) groups is 2. The number of amides is 1. The number of nitrogens with zero attached hydrogens (tertiary/aromatic N) is 3. The Kier molecular flexibility index (Phi) is 5.70. The predicted molar refractivity (Wildman–Crippen MR) is 104 cm³/mol. The van der Waals surface area contributed by atoms with Crippen LogP contribution in [0.25, 0.3) is 10.8 Å². The Labute approximate surface area is 165 Å². The molecule has 0 saturated heterocycles. The highest BCUT2D eigenvalue weighted by molar-refractivity contribution is 6.32. The SMILES string of the molecule is C[C@H](OC(=O)Cc1nn(C)c(=O)c2ccccc12)C(=O)Nc1cccnc1Cl. The zero-order valence-electron chi connectivity index (χ0n) is 15.2. The molecule has 3 aromatic rings. The van der Waals surface area contributed by atoms with E-state index < -0.39 is 18.0 Å². The molecule has 0 saturated carbocycles. The molecule has 0 spiro atoms. The van der Waals surface area contributed by atoms with Gasteiger partial charge in [-0.2, -0.15) is 5.10 Å². The summed E-state index contributed by atoms with van der Waals surface area (Å²) in [5.74, 6) is -1.18. The first-order chi connectivity index (χ1) is 13.4. The van der Waals surface area contributed by atoms with Crippen molar-refractivity contribution < 1.29 is 14.3 Å². The molecule has 3 rings (SSSR count). The molecule has 0 unspecified atom stereocenters. The maximum absolute atomic E-state index is 12.3. The second kappa shape index (κ2) is 8.18. The minimum Gasteiger partial charge on any atom is -0.452 e. The van der Waals surface area contributed by atoms with E-state index in [2.05, 4.69) is 15.4 Å². The fourth-order valence-electron chi connectivity index (χ4n) is 2.65. The fraction of sp³-hybridized carbons (Fsp3) is 0.211. The standard InChI is InChI=1S/C19H17ClN4O4/c1-11(18(26)22-14-8-5-9-21-17(14)20)28-16(25)10-15-12-6-3-4-7-13(12)19(27)24(2)23-15/h3-9,11H,10H2,1-2H3,(H,22,26)/t11-/m0/s1. The average molecular weight is 401 g/mol. The summed E-state index contributed by atoms with van der Waals surface area (Å²) in [6.45, 7) is 1.45. The maximum atomic E-state index is 12.3. The molecule has 144 valence electrons. The van der Waals surface area contributed by atoms with Crippen LogP contribution in [0.5, 0.6) is 0 Å². The van der Waals surface area contributed by atoms with Crippen LogP contribution in [-0.2, 0) is 27.8 Å². The molecule has 0 bridgehead atoms. The van der Waals surface area contributed by atoms with E-state index in [1.165, 1.54) is 24.9 Å². The molecule has 0 aliphatic rings. The van der Waals surface area contributed by atoms with E-state index >= 15 is 0 Å². The lowest BCUT2D eigenvalue weighted by atomic mass is 10.1. The van der Waals surface area contributed by atoms with Crippen molar-refractivity contribution in [2.24, 2.45) is 7.05 Å². The Morgan fingerprint density at radius 2 is 1.93 bits per heavy atom. The van der Waals surface area contributed by atoms with E-state index in [0.717, 1.165) is 0 Å². The number of aromatic nitrogens is 3. The molecule has 2 aromatic heterocycles. The number of rotatable bonds is 5. The lowest BCUT2D eigenvalue weighted by Gasteiger charge is -2.14. The van der Waals surface area contributed by atoms with Crippen molar-refractivity contribution in [1.82, 2.24) is 14.8 Å². The van der Waals surface area contributed by atoms with Crippen molar-refractivity contribution >= 4 is 39.9 Å². The number of nitrogens with one attached hydrogen (secondary N) is 1. The Bertz CT molecular complexity index is 1110. The third-order valence-electron chi connectivity index (χ3n) is 4.04. The summed E-state index contributed by atoms with van der Waals surface area (Å²) in [5.41, 5.74) is 0.460. The van der Waals surface area contributed by atoms with Crippen molar-refractivity contribution in [2.45, 2.75) is 19.4 Å². The van der Waals surface area contributed by atoms with Crippen LogP contribution in [0.3, 0.4) is 0 Å². The summed E-state index contributed by atoms with van der Waals surface area (Å²) in [5, 5.41) is 7.87. The second-order valence-corrected chi connectivity index (χ2v) is 6.42. The minimum absolute atomic E-state index is 0.134. The maximum Gasteiger partial charge on any atom is 0.312 e. The van der Waals surface area contributed by atoms with Gasteiger partial charge in [0.25, 0.3) is 11.5 Å². The molecule has 0 fully saturated rings. The molecule has 0 aliphatic carbocycles. The number of carbonyl (C=O) groups excluding carboxylic acids is 2. The van der Waals surface area contributed by atoms with Gasteiger partial charge in [-0.05, 0) is 25.1 Å². The van der Waals surface area contributed by atoms with Crippen LogP contribution in [0.4, 0.5) is 5.69 Å². The number of hydrogen-bond acceptors (Lipinski definition) is 6. The van der Waals surface area contributed by atoms with Crippen LogP contribution in [0.2, 0.25) is 5.15 Å². The van der Waals surface area contributed by atoms with Gasteiger partial charge in [0.05, 0.1) is 23.2 Å². The number of benzene rings is 1. The molecule has 1 aromatic carbocycles. The van der Waals surface area contributed by atoms with Gasteiger partial charge in [-0.1, -0.05) is 29.8 Å². The number of hydrogen-bond donors (Lipinski definition) is 1. The van der Waals surface area contributed by atoms with Gasteiger partial charge < -0.3 is 10.1 Å². The van der Waals surface area contributed by atoms with E-state index in [4.69, 9.17) is 16.3 Å². The number of aryl methyl sites for hydroxylation is 1. The molecular formula is C19H17ClN4O4. The number of fused-ring (bicyclic) bond motifs is 1. The van der Waals surface area contributed by atoms with Crippen molar-refractivity contribution in [1.29, 1.82) is 0 Å². The Morgan fingerprint density at radius 3 is 2.64 bits per heavy atom. The van der Waals surface area contributed by atoms with Crippen LogP contribution in [0.1, 0.15) is 12.6 Å². The molecule has 0 aliphatic heterocycles. The molecular weight excluding hydrogens is 384 g/mol. The highest BCUT2D eigenvalue weighted by atomic mass is 35.5. The summed E-state index contributed by atoms with van der Waals surface area (Å²) < 4.78 is 6.38. The smallest absolute Gasteiger partial charge is 0.312 e. The first-order valence-corrected chi connectivity index (χ1v) is 8.80. The molecule has 0 radical (unpaired) electrons. The van der Waals surface area contributed by atoms with Gasteiger partial charge in [0.15, 0.2) is 11.3 Å². The summed E-state index contributed by atoms with van der Waals surface area (Å²) in [6.07, 6.45) is 0.258. The van der Waals surface area contributed by atoms with Crippen molar-refractivity contribution in [3.8, 4) is 0 Å². The van der Waals surface area contributed by atoms with E-state index in [0.29, 0.717) is 22.2 Å². The van der Waals surface area contributed by atoms with Gasteiger partial charge in [-0.25, -0.2) is 9.67 Å². The van der Waals surface area contributed by atoms with Crippen LogP contribution < -0.4 is 10.9 Å². The monoisotopic (exact) mass is 400 g/mol. The summed E-state index contributed by atoms with van der Waals surface area (Å²) in [6, 6.07) is 10.1. The van der Waals surface area contributed by atoms with Gasteiger partial charge in [-0.3, -0.25) is 14.4 Å². The highest BCUT2D eigenvalue weighted by Gasteiger charge is 2.20. The Morgan fingerprint density at radius 1 is 1.21 bits per heavy atom. The van der Waals surface area contributed by atoms with Gasteiger partial charge >= 0.3 is 5.97 Å². The molecule has 28 heavy (non-hydrogen) atoms. The Balaban J connectivity index is 1.71. The number of anilines is 1. The van der Waals surface area contributed by atoms with E-state index in [1.54, 1.807) is 36.4 Å². The van der Waals surface area contributed by atoms with Gasteiger partial charge in [0.1, 0.15) is 0 Å². The first kappa shape index (κ1) is 19.5. The van der Waals surface area contributed by atoms with Crippen molar-refractivity contribution in [3.05, 3.63) is 63.8 Å². The third-order valence-corrected chi connectivity index (χ3v) is 4.34. The van der Waals surface area contributed by atoms with E-state index in [9.17, 15) is 14.4 Å². The highest BCUT2D eigenvalue weighted by Crippen LogP contribution is 2.18. The zero-order chi connectivity index (χ0) is 20.3. The normalized spacial score (nSPS) is 11.8. The number of esters is 1. The fourth-order valence-corrected chi connectivity index (χ4v) is 2.82. The number of ether oxygens (including phenoxy) is 1. The second-order valence-electron chi connectivity index (χ2n) is 6.06. The van der Waals surface area contributed by atoms with Crippen molar-refractivity contribution in [2.75, 3.05) is 5.32 Å². The first-order valence-electron chi connectivity index (χ1n) is 8.42. The minimum atomic E-state index is -1.05. The third kappa shape index (κ3) is 4.17. The summed E-state index contributed by atoms with van der Waals surface area (Å²) >= 11 is 5.90. The van der Waals surface area contributed by atoms with Crippen LogP contribution in [0.15, 0.2) is 47.4 Å². The average Bonchev–Trinajstić information content (AvgIpc) is 2.67. The zero-order valence-corrected chi connectivity index (χ0v) is 15.9. The van der Waals surface area contributed by atoms with Gasteiger partial charge in [0, 0.05) is 18.6 Å². The van der Waals surface area contributed by atoms with E-state index in [1.807, 2.05) is 0 Å². The van der Waals surface area contributed by atoms with Gasteiger partial charge in [0.2, 0.25) is 0 Å². The molecule has 1 N–H and O–H groups in total. The quantitative estimate of drug-likeness (QED) is 0.519. The van der Waals surface area contributed by atoms with Crippen LogP contribution in [0, 0.1) is 0 Å². The number of pyridine rings is 1.